The topological polar surface area (TPSA) is 78.0 Å². The number of rotatable bonds is 2. The Morgan fingerprint density at radius 2 is 1.95 bits per heavy atom. The van der Waals surface area contributed by atoms with Gasteiger partial charge in [0.1, 0.15) is 5.69 Å². The molecular formula is C14H23N5O. The predicted molar refractivity (Wildman–Crippen MR) is 80.3 cm³/mol. The van der Waals surface area contributed by atoms with Crippen molar-refractivity contribution in [3.8, 4) is 0 Å². The van der Waals surface area contributed by atoms with Crippen LogP contribution in [0.3, 0.4) is 0 Å². The number of oxime groups is 1. The molecule has 1 fully saturated rings. The Balaban J connectivity index is 2.15. The molecule has 1 aliphatic rings. The molecule has 3 N–H and O–H groups in total. The summed E-state index contributed by atoms with van der Waals surface area (Å²) in [5, 5.41) is 11.9. The molecule has 20 heavy (non-hydrogen) atoms. The molecule has 0 bridgehead atoms. The van der Waals surface area contributed by atoms with Crippen molar-refractivity contribution < 1.29 is 5.21 Å². The number of nitrogens with zero attached hydrogens (tertiary/aromatic N) is 4. The van der Waals surface area contributed by atoms with Crippen LogP contribution >= 0.6 is 0 Å². The first kappa shape index (κ1) is 14.6. The van der Waals surface area contributed by atoms with Crippen molar-refractivity contribution in [3.63, 3.8) is 0 Å². The van der Waals surface area contributed by atoms with Crippen molar-refractivity contribution in [1.29, 1.82) is 0 Å². The summed E-state index contributed by atoms with van der Waals surface area (Å²) in [5.41, 5.74) is 7.36. The molecule has 1 aromatic rings. The molecule has 0 amide bonds. The molecule has 0 spiro atoms. The normalized spacial score (nSPS) is 18.4. The first-order valence-electron chi connectivity index (χ1n) is 6.86. The summed E-state index contributed by atoms with van der Waals surface area (Å²) in [5.74, 6) is 0.0545. The minimum Gasteiger partial charge on any atom is -0.409 e. The standard InChI is InChI=1S/C14H23N5O/c1-14(2,3)19-9-7-18(8-10-19)11-5-4-6-16-12(11)13(15)17-20/h4-6,20H,7-10H2,1-3H3,(H2,15,17). The Morgan fingerprint density at radius 1 is 1.30 bits per heavy atom. The van der Waals surface area contributed by atoms with E-state index in [1.807, 2.05) is 12.1 Å². The number of pyridine rings is 1. The second-order valence-electron chi connectivity index (χ2n) is 6.00. The molecule has 0 aliphatic carbocycles. The Bertz CT molecular complexity index is 487. The zero-order valence-electron chi connectivity index (χ0n) is 12.4. The van der Waals surface area contributed by atoms with Gasteiger partial charge in [0.05, 0.1) is 5.69 Å². The quantitative estimate of drug-likeness (QED) is 0.366. The van der Waals surface area contributed by atoms with Gasteiger partial charge in [-0.25, -0.2) is 0 Å². The molecule has 0 atom stereocenters. The third-order valence-corrected chi connectivity index (χ3v) is 3.71. The molecule has 110 valence electrons. The van der Waals surface area contributed by atoms with E-state index < -0.39 is 0 Å². The second-order valence-corrected chi connectivity index (χ2v) is 6.00. The molecule has 0 radical (unpaired) electrons. The van der Waals surface area contributed by atoms with Crippen LogP contribution in [0.4, 0.5) is 5.69 Å². The lowest BCUT2D eigenvalue weighted by molar-refractivity contribution is 0.128. The molecular weight excluding hydrogens is 254 g/mol. The smallest absolute Gasteiger partial charge is 0.190 e. The number of piperazine rings is 1. The van der Waals surface area contributed by atoms with Gasteiger partial charge in [-0.15, -0.1) is 0 Å². The van der Waals surface area contributed by atoms with E-state index >= 15 is 0 Å². The van der Waals surface area contributed by atoms with Crippen LogP contribution < -0.4 is 10.6 Å². The zero-order valence-corrected chi connectivity index (χ0v) is 12.4. The number of hydrogen-bond donors (Lipinski definition) is 2. The number of nitrogens with two attached hydrogens (primary N) is 1. The fourth-order valence-electron chi connectivity index (χ4n) is 2.51. The van der Waals surface area contributed by atoms with E-state index in [1.165, 1.54) is 0 Å². The van der Waals surface area contributed by atoms with Gasteiger partial charge in [-0.1, -0.05) is 5.16 Å². The Labute approximate surface area is 119 Å². The van der Waals surface area contributed by atoms with Crippen LogP contribution in [0.25, 0.3) is 0 Å². The van der Waals surface area contributed by atoms with E-state index in [0.717, 1.165) is 31.9 Å². The Morgan fingerprint density at radius 3 is 2.50 bits per heavy atom. The number of anilines is 1. The maximum absolute atomic E-state index is 8.86. The summed E-state index contributed by atoms with van der Waals surface area (Å²) in [6.07, 6.45) is 1.66. The minimum atomic E-state index is 0.0545. The van der Waals surface area contributed by atoms with E-state index in [0.29, 0.717) is 5.69 Å². The highest BCUT2D eigenvalue weighted by Gasteiger charge is 2.27. The molecule has 1 aromatic heterocycles. The fourth-order valence-corrected chi connectivity index (χ4v) is 2.51. The van der Waals surface area contributed by atoms with Gasteiger partial charge in [-0.05, 0) is 32.9 Å². The van der Waals surface area contributed by atoms with E-state index in [-0.39, 0.29) is 11.4 Å². The van der Waals surface area contributed by atoms with Gasteiger partial charge in [0.2, 0.25) is 0 Å². The molecule has 0 saturated carbocycles. The number of hydrogen-bond acceptors (Lipinski definition) is 5. The molecule has 0 unspecified atom stereocenters. The zero-order chi connectivity index (χ0) is 14.8. The molecule has 0 aromatic carbocycles. The third-order valence-electron chi connectivity index (χ3n) is 3.71. The van der Waals surface area contributed by atoms with Crippen LogP contribution in [0.15, 0.2) is 23.5 Å². The maximum Gasteiger partial charge on any atom is 0.190 e. The van der Waals surface area contributed by atoms with Gasteiger partial charge in [0.15, 0.2) is 5.84 Å². The van der Waals surface area contributed by atoms with Crippen LogP contribution in [0.5, 0.6) is 0 Å². The molecule has 1 aliphatic heterocycles. The minimum absolute atomic E-state index is 0.0545. The van der Waals surface area contributed by atoms with Gasteiger partial charge in [-0.3, -0.25) is 9.88 Å². The molecule has 1 saturated heterocycles. The lowest BCUT2D eigenvalue weighted by atomic mass is 10.0. The lowest BCUT2D eigenvalue weighted by Gasteiger charge is -2.43. The van der Waals surface area contributed by atoms with Crippen LogP contribution in [0, 0.1) is 0 Å². The van der Waals surface area contributed by atoms with Crippen LogP contribution in [-0.4, -0.2) is 52.6 Å². The SMILES string of the molecule is CC(C)(C)N1CCN(c2cccnc2/C(N)=N/O)CC1. The monoisotopic (exact) mass is 277 g/mol. The average molecular weight is 277 g/mol. The first-order valence-corrected chi connectivity index (χ1v) is 6.86. The van der Waals surface area contributed by atoms with Gasteiger partial charge in [0, 0.05) is 37.9 Å². The van der Waals surface area contributed by atoms with Crippen molar-refractivity contribution >= 4 is 11.5 Å². The highest BCUT2D eigenvalue weighted by molar-refractivity contribution is 6.00. The fraction of sp³-hybridized carbons (Fsp3) is 0.571. The van der Waals surface area contributed by atoms with Crippen molar-refractivity contribution in [2.24, 2.45) is 10.9 Å². The number of aromatic nitrogens is 1. The molecule has 2 heterocycles. The highest BCUT2D eigenvalue weighted by atomic mass is 16.4. The molecule has 2 rings (SSSR count). The summed E-state index contributed by atoms with van der Waals surface area (Å²) in [6.45, 7) is 10.5. The van der Waals surface area contributed by atoms with Gasteiger partial charge >= 0.3 is 0 Å². The Hall–Kier alpha value is -1.82. The van der Waals surface area contributed by atoms with Crippen molar-refractivity contribution in [1.82, 2.24) is 9.88 Å². The first-order chi connectivity index (χ1) is 9.43. The van der Waals surface area contributed by atoms with Gasteiger partial charge in [-0.2, -0.15) is 0 Å². The van der Waals surface area contributed by atoms with Gasteiger partial charge in [0.25, 0.3) is 0 Å². The second kappa shape index (κ2) is 5.66. The van der Waals surface area contributed by atoms with E-state index in [4.69, 9.17) is 10.9 Å². The largest absolute Gasteiger partial charge is 0.409 e. The Kier molecular flexibility index (Phi) is 4.13. The summed E-state index contributed by atoms with van der Waals surface area (Å²) in [7, 11) is 0. The van der Waals surface area contributed by atoms with Crippen molar-refractivity contribution in [2.75, 3.05) is 31.1 Å². The lowest BCUT2D eigenvalue weighted by Crippen LogP contribution is -2.53. The number of amidine groups is 1. The van der Waals surface area contributed by atoms with E-state index in [2.05, 4.69) is 40.7 Å². The summed E-state index contributed by atoms with van der Waals surface area (Å²) in [6, 6.07) is 3.84. The summed E-state index contributed by atoms with van der Waals surface area (Å²) in [4.78, 5) is 8.92. The average Bonchev–Trinajstić information content (AvgIpc) is 2.45. The van der Waals surface area contributed by atoms with Crippen molar-refractivity contribution in [3.05, 3.63) is 24.0 Å². The van der Waals surface area contributed by atoms with Gasteiger partial charge < -0.3 is 15.8 Å². The maximum atomic E-state index is 8.86. The van der Waals surface area contributed by atoms with Crippen molar-refractivity contribution in [2.45, 2.75) is 26.3 Å². The highest BCUT2D eigenvalue weighted by Crippen LogP contribution is 2.22. The predicted octanol–water partition coefficient (Wildman–Crippen LogP) is 1.10. The summed E-state index contributed by atoms with van der Waals surface area (Å²) >= 11 is 0. The molecule has 6 heteroatoms. The van der Waals surface area contributed by atoms with Crippen LogP contribution in [0.2, 0.25) is 0 Å². The van der Waals surface area contributed by atoms with Crippen LogP contribution in [0.1, 0.15) is 26.5 Å². The van der Waals surface area contributed by atoms with E-state index in [1.54, 1.807) is 6.20 Å². The third kappa shape index (κ3) is 3.01. The molecule has 6 nitrogen and oxygen atoms in total. The van der Waals surface area contributed by atoms with Crippen LogP contribution in [-0.2, 0) is 0 Å². The summed E-state index contributed by atoms with van der Waals surface area (Å²) < 4.78 is 0. The van der Waals surface area contributed by atoms with E-state index in [9.17, 15) is 0 Å².